The summed E-state index contributed by atoms with van der Waals surface area (Å²) in [5, 5.41) is 7.09. The van der Waals surface area contributed by atoms with Crippen molar-refractivity contribution in [2.24, 2.45) is 4.99 Å². The van der Waals surface area contributed by atoms with Gasteiger partial charge in [-0.15, -0.1) is 0 Å². The Bertz CT molecular complexity index is 662. The Kier molecular flexibility index (Phi) is 7.00. The number of rotatable bonds is 6. The maximum absolute atomic E-state index is 13.1. The molecular weight excluding hydrogens is 367 g/mol. The number of benzene rings is 1. The summed E-state index contributed by atoms with van der Waals surface area (Å²) in [6.45, 7) is 12.9. The minimum absolute atomic E-state index is 0.165. The van der Waals surface area contributed by atoms with Crippen LogP contribution in [0.2, 0.25) is 0 Å². The van der Waals surface area contributed by atoms with Crippen LogP contribution in [0.5, 0.6) is 0 Å². The average molecular weight is 403 g/mol. The quantitative estimate of drug-likeness (QED) is 0.556. The second-order valence-corrected chi connectivity index (χ2v) is 8.53. The van der Waals surface area contributed by atoms with Gasteiger partial charge in [0, 0.05) is 71.0 Å². The Hall–Kier alpha value is -1.70. The molecule has 4 heterocycles. The first-order valence-corrected chi connectivity index (χ1v) is 11.2. The van der Waals surface area contributed by atoms with Gasteiger partial charge >= 0.3 is 0 Å². The summed E-state index contributed by atoms with van der Waals surface area (Å²) in [5.74, 6) is 0.795. The van der Waals surface area contributed by atoms with Crippen LogP contribution in [0, 0.1) is 5.82 Å². The molecule has 4 fully saturated rings. The van der Waals surface area contributed by atoms with E-state index in [4.69, 9.17) is 4.99 Å². The summed E-state index contributed by atoms with van der Waals surface area (Å²) in [7, 11) is 0. The van der Waals surface area contributed by atoms with Crippen molar-refractivity contribution >= 4 is 5.96 Å². The predicted molar refractivity (Wildman–Crippen MR) is 116 cm³/mol. The molecule has 0 spiro atoms. The maximum Gasteiger partial charge on any atom is 0.191 e. The van der Waals surface area contributed by atoms with Crippen molar-refractivity contribution in [3.63, 3.8) is 0 Å². The summed E-state index contributed by atoms with van der Waals surface area (Å²) < 4.78 is 13.1. The number of nitrogens with zero attached hydrogens (tertiary/aromatic N) is 4. The van der Waals surface area contributed by atoms with Crippen LogP contribution in [0.1, 0.15) is 25.3 Å². The molecule has 2 bridgehead atoms. The third-order valence-corrected chi connectivity index (χ3v) is 6.44. The number of aliphatic imine (C=N–C) groups is 1. The molecule has 4 aliphatic rings. The molecule has 4 aliphatic heterocycles. The van der Waals surface area contributed by atoms with E-state index in [9.17, 15) is 4.39 Å². The molecule has 5 rings (SSSR count). The zero-order chi connectivity index (χ0) is 20.1. The lowest BCUT2D eigenvalue weighted by Gasteiger charge is -2.47. The molecule has 1 atom stereocenters. The van der Waals surface area contributed by atoms with Crippen LogP contribution < -0.4 is 10.6 Å². The van der Waals surface area contributed by atoms with E-state index >= 15 is 0 Å². The number of piperidine rings is 1. The highest BCUT2D eigenvalue weighted by atomic mass is 19.1. The van der Waals surface area contributed by atoms with Crippen molar-refractivity contribution < 1.29 is 4.39 Å². The van der Waals surface area contributed by atoms with Crippen LogP contribution in [-0.4, -0.2) is 91.6 Å². The van der Waals surface area contributed by atoms with E-state index in [1.165, 1.54) is 31.7 Å². The van der Waals surface area contributed by atoms with Crippen LogP contribution in [0.15, 0.2) is 29.3 Å². The second-order valence-electron chi connectivity index (χ2n) is 8.53. The zero-order valence-corrected chi connectivity index (χ0v) is 17.6. The van der Waals surface area contributed by atoms with Gasteiger partial charge in [0.05, 0.1) is 6.54 Å². The SMILES string of the molecule is CCNC(=NCC1CN2CCN1CC2)NC1CCN(Cc2ccc(F)cc2)CC1. The standard InChI is InChI=1S/C22H35FN6/c1-2-24-22(25-15-21-17-28-11-13-29(21)14-12-28)26-20-7-9-27(10-8-20)16-18-3-5-19(23)6-4-18/h3-6,20-21H,2,7-17H2,1H3,(H2,24,25,26). The van der Waals surface area contributed by atoms with E-state index in [0.717, 1.165) is 58.1 Å². The Labute approximate surface area is 174 Å². The lowest BCUT2D eigenvalue weighted by Crippen LogP contribution is -2.62. The van der Waals surface area contributed by atoms with E-state index in [1.54, 1.807) is 12.1 Å². The normalized spacial score (nSPS) is 28.5. The molecule has 0 radical (unpaired) electrons. The van der Waals surface area contributed by atoms with E-state index in [-0.39, 0.29) is 5.82 Å². The molecule has 7 heteroatoms. The number of hydrogen-bond donors (Lipinski definition) is 2. The van der Waals surface area contributed by atoms with Crippen molar-refractivity contribution in [2.45, 2.75) is 38.4 Å². The third-order valence-electron chi connectivity index (χ3n) is 6.44. The molecule has 1 unspecified atom stereocenters. The van der Waals surface area contributed by atoms with Gasteiger partial charge in [-0.2, -0.15) is 0 Å². The first-order valence-electron chi connectivity index (χ1n) is 11.2. The van der Waals surface area contributed by atoms with Crippen molar-refractivity contribution in [3.8, 4) is 0 Å². The number of fused-ring (bicyclic) bond motifs is 3. The number of nitrogens with one attached hydrogen (secondary N) is 2. The zero-order valence-electron chi connectivity index (χ0n) is 17.6. The van der Waals surface area contributed by atoms with Gasteiger partial charge in [0.2, 0.25) is 0 Å². The van der Waals surface area contributed by atoms with Gasteiger partial charge in [-0.3, -0.25) is 19.7 Å². The Balaban J connectivity index is 1.24. The molecule has 4 saturated heterocycles. The van der Waals surface area contributed by atoms with Crippen molar-refractivity contribution in [2.75, 3.05) is 58.9 Å². The molecule has 1 aromatic rings. The highest BCUT2D eigenvalue weighted by Crippen LogP contribution is 2.16. The molecule has 0 saturated carbocycles. The van der Waals surface area contributed by atoms with Gasteiger partial charge < -0.3 is 10.6 Å². The fraction of sp³-hybridized carbons (Fsp3) is 0.682. The average Bonchev–Trinajstić information content (AvgIpc) is 2.76. The Morgan fingerprint density at radius 1 is 1.07 bits per heavy atom. The largest absolute Gasteiger partial charge is 0.357 e. The van der Waals surface area contributed by atoms with Crippen LogP contribution in [0.4, 0.5) is 4.39 Å². The number of hydrogen-bond acceptors (Lipinski definition) is 4. The number of halogens is 1. The number of likely N-dealkylation sites (tertiary alicyclic amines) is 1. The lowest BCUT2D eigenvalue weighted by atomic mass is 10.0. The Morgan fingerprint density at radius 3 is 2.41 bits per heavy atom. The van der Waals surface area contributed by atoms with Crippen LogP contribution >= 0.6 is 0 Å². The van der Waals surface area contributed by atoms with E-state index < -0.39 is 0 Å². The second kappa shape index (κ2) is 9.87. The highest BCUT2D eigenvalue weighted by Gasteiger charge is 2.31. The fourth-order valence-electron chi connectivity index (χ4n) is 4.69. The minimum Gasteiger partial charge on any atom is -0.357 e. The van der Waals surface area contributed by atoms with Crippen LogP contribution in [-0.2, 0) is 6.54 Å². The fourth-order valence-corrected chi connectivity index (χ4v) is 4.69. The first-order chi connectivity index (χ1) is 14.2. The van der Waals surface area contributed by atoms with E-state index in [1.807, 2.05) is 12.1 Å². The molecular formula is C22H35FN6. The van der Waals surface area contributed by atoms with Crippen molar-refractivity contribution in [1.29, 1.82) is 0 Å². The lowest BCUT2D eigenvalue weighted by molar-refractivity contribution is 0.0174. The molecule has 2 N–H and O–H groups in total. The topological polar surface area (TPSA) is 46.1 Å². The Morgan fingerprint density at radius 2 is 1.79 bits per heavy atom. The summed E-state index contributed by atoms with van der Waals surface area (Å²) >= 11 is 0. The molecule has 0 aliphatic carbocycles. The molecule has 0 amide bonds. The molecule has 6 nitrogen and oxygen atoms in total. The summed E-state index contributed by atoms with van der Waals surface area (Å²) in [6.07, 6.45) is 2.21. The van der Waals surface area contributed by atoms with Gasteiger partial charge in [0.25, 0.3) is 0 Å². The van der Waals surface area contributed by atoms with Crippen LogP contribution in [0.25, 0.3) is 0 Å². The first kappa shape index (κ1) is 20.6. The monoisotopic (exact) mass is 402 g/mol. The molecule has 0 aromatic heterocycles. The highest BCUT2D eigenvalue weighted by molar-refractivity contribution is 5.80. The van der Waals surface area contributed by atoms with Gasteiger partial charge in [-0.25, -0.2) is 4.39 Å². The summed E-state index contributed by atoms with van der Waals surface area (Å²) in [4.78, 5) is 12.5. The predicted octanol–water partition coefficient (Wildman–Crippen LogP) is 1.35. The van der Waals surface area contributed by atoms with Crippen molar-refractivity contribution in [3.05, 3.63) is 35.6 Å². The van der Waals surface area contributed by atoms with Gasteiger partial charge in [0.1, 0.15) is 5.82 Å². The molecule has 160 valence electrons. The molecule has 1 aromatic carbocycles. The molecule has 29 heavy (non-hydrogen) atoms. The maximum atomic E-state index is 13.1. The van der Waals surface area contributed by atoms with E-state index in [2.05, 4.69) is 32.3 Å². The smallest absolute Gasteiger partial charge is 0.191 e. The summed E-state index contributed by atoms with van der Waals surface area (Å²) in [5.41, 5.74) is 1.18. The summed E-state index contributed by atoms with van der Waals surface area (Å²) in [6, 6.07) is 7.90. The number of piperazine rings is 3. The van der Waals surface area contributed by atoms with Gasteiger partial charge in [-0.1, -0.05) is 12.1 Å². The third kappa shape index (κ3) is 5.68. The minimum atomic E-state index is -0.165. The van der Waals surface area contributed by atoms with Gasteiger partial charge in [-0.05, 0) is 37.5 Å². The van der Waals surface area contributed by atoms with Crippen molar-refractivity contribution in [1.82, 2.24) is 25.3 Å². The number of guanidine groups is 1. The van der Waals surface area contributed by atoms with E-state index in [0.29, 0.717) is 12.1 Å². The van der Waals surface area contributed by atoms with Crippen LogP contribution in [0.3, 0.4) is 0 Å². The van der Waals surface area contributed by atoms with Gasteiger partial charge in [0.15, 0.2) is 5.96 Å².